The van der Waals surface area contributed by atoms with Gasteiger partial charge >= 0.3 is 0 Å². The van der Waals surface area contributed by atoms with E-state index in [2.05, 4.69) is 45.8 Å². The molecule has 1 atom stereocenters. The fraction of sp³-hybridized carbons (Fsp3) is 0.286. The monoisotopic (exact) mass is 502 g/mol. The van der Waals surface area contributed by atoms with Gasteiger partial charge in [0.25, 0.3) is 10.0 Å². The minimum atomic E-state index is -3.82. The predicted molar refractivity (Wildman–Crippen MR) is 142 cm³/mol. The number of carbonyl (C=O) groups is 1. The van der Waals surface area contributed by atoms with Crippen LogP contribution in [0.25, 0.3) is 10.9 Å². The van der Waals surface area contributed by atoms with E-state index in [1.54, 1.807) is 42.6 Å². The second kappa shape index (κ2) is 10.1. The number of nitrogens with zero attached hydrogens (tertiary/aromatic N) is 3. The molecule has 186 valence electrons. The molecule has 1 amide bonds. The Morgan fingerprint density at radius 2 is 1.81 bits per heavy atom. The number of aromatic nitrogens is 1. The summed E-state index contributed by atoms with van der Waals surface area (Å²) in [7, 11) is -3.82. The van der Waals surface area contributed by atoms with Crippen LogP contribution in [-0.2, 0) is 21.2 Å². The molecule has 1 aliphatic heterocycles. The van der Waals surface area contributed by atoms with Gasteiger partial charge in [0.05, 0.1) is 11.4 Å². The Labute approximate surface area is 212 Å². The molecule has 3 aromatic rings. The van der Waals surface area contributed by atoms with Gasteiger partial charge in [0.2, 0.25) is 5.91 Å². The van der Waals surface area contributed by atoms with Crippen molar-refractivity contribution in [1.29, 1.82) is 0 Å². The highest BCUT2D eigenvalue weighted by Gasteiger charge is 2.28. The van der Waals surface area contributed by atoms with E-state index in [0.29, 0.717) is 30.7 Å². The molecule has 5 rings (SSSR count). The SMILES string of the molecule is CCc1ccccc1N1CCN(C(=O)[C@@H]2C=CC(NS(=O)(=O)c3cccc4cccnc34)=CC2)CC1. The fourth-order valence-corrected chi connectivity index (χ4v) is 6.16. The van der Waals surface area contributed by atoms with Gasteiger partial charge in [-0.3, -0.25) is 14.5 Å². The Morgan fingerprint density at radius 1 is 1.03 bits per heavy atom. The lowest BCUT2D eigenvalue weighted by Gasteiger charge is -2.38. The molecule has 2 aromatic carbocycles. The first-order chi connectivity index (χ1) is 17.5. The van der Waals surface area contributed by atoms with Crippen LogP contribution in [0.1, 0.15) is 18.9 Å². The molecule has 1 aromatic heterocycles. The summed E-state index contributed by atoms with van der Waals surface area (Å²) in [6, 6.07) is 17.1. The van der Waals surface area contributed by atoms with Crippen LogP contribution in [-0.4, -0.2) is 50.4 Å². The van der Waals surface area contributed by atoms with Crippen molar-refractivity contribution in [3.63, 3.8) is 0 Å². The number of hydrogen-bond acceptors (Lipinski definition) is 5. The lowest BCUT2D eigenvalue weighted by molar-refractivity contribution is -0.134. The van der Waals surface area contributed by atoms with Crippen LogP contribution in [0.3, 0.4) is 0 Å². The average Bonchev–Trinajstić information content (AvgIpc) is 2.92. The molecule has 1 fully saturated rings. The van der Waals surface area contributed by atoms with Crippen molar-refractivity contribution in [1.82, 2.24) is 14.6 Å². The van der Waals surface area contributed by atoms with Gasteiger partial charge < -0.3 is 9.80 Å². The van der Waals surface area contributed by atoms with Crippen LogP contribution in [0.5, 0.6) is 0 Å². The highest BCUT2D eigenvalue weighted by Crippen LogP contribution is 2.25. The average molecular weight is 503 g/mol. The van der Waals surface area contributed by atoms with Crippen LogP contribution in [0.15, 0.2) is 89.6 Å². The summed E-state index contributed by atoms with van der Waals surface area (Å²) < 4.78 is 28.8. The zero-order valence-electron chi connectivity index (χ0n) is 20.3. The Morgan fingerprint density at radius 3 is 2.56 bits per heavy atom. The third-order valence-corrected chi connectivity index (χ3v) is 8.27. The van der Waals surface area contributed by atoms with Crippen molar-refractivity contribution in [2.24, 2.45) is 5.92 Å². The molecular weight excluding hydrogens is 472 g/mol. The lowest BCUT2D eigenvalue weighted by Crippen LogP contribution is -2.50. The molecule has 8 heteroatoms. The van der Waals surface area contributed by atoms with Gasteiger partial charge in [-0.05, 0) is 42.7 Å². The minimum Gasteiger partial charge on any atom is -0.368 e. The van der Waals surface area contributed by atoms with E-state index in [1.807, 2.05) is 17.0 Å². The molecule has 1 N–H and O–H groups in total. The second-order valence-electron chi connectivity index (χ2n) is 9.09. The number of fused-ring (bicyclic) bond motifs is 1. The number of para-hydroxylation sites is 2. The van der Waals surface area contributed by atoms with Gasteiger partial charge in [0.1, 0.15) is 4.90 Å². The summed E-state index contributed by atoms with van der Waals surface area (Å²) in [6.45, 7) is 5.13. The molecule has 36 heavy (non-hydrogen) atoms. The first-order valence-corrected chi connectivity index (χ1v) is 13.8. The molecule has 1 saturated heterocycles. The summed E-state index contributed by atoms with van der Waals surface area (Å²) in [4.78, 5) is 21.8. The number of anilines is 1. The summed E-state index contributed by atoms with van der Waals surface area (Å²) in [5, 5.41) is 0.762. The summed E-state index contributed by atoms with van der Waals surface area (Å²) in [5.41, 5.74) is 3.48. The van der Waals surface area contributed by atoms with E-state index in [1.165, 1.54) is 11.3 Å². The normalized spacial score (nSPS) is 18.2. The number of pyridine rings is 1. The lowest BCUT2D eigenvalue weighted by atomic mass is 9.97. The van der Waals surface area contributed by atoms with Crippen LogP contribution in [0.4, 0.5) is 5.69 Å². The second-order valence-corrected chi connectivity index (χ2v) is 10.7. The van der Waals surface area contributed by atoms with E-state index < -0.39 is 10.0 Å². The molecule has 0 unspecified atom stereocenters. The van der Waals surface area contributed by atoms with Crippen molar-refractivity contribution < 1.29 is 13.2 Å². The number of nitrogens with one attached hydrogen (secondary N) is 1. The third-order valence-electron chi connectivity index (χ3n) is 6.86. The van der Waals surface area contributed by atoms with Gasteiger partial charge in [-0.25, -0.2) is 8.42 Å². The van der Waals surface area contributed by atoms with Gasteiger partial charge in [-0.1, -0.05) is 55.5 Å². The Balaban J connectivity index is 1.20. The number of benzene rings is 2. The van der Waals surface area contributed by atoms with Crippen LogP contribution < -0.4 is 9.62 Å². The fourth-order valence-electron chi connectivity index (χ4n) is 4.90. The molecule has 1 aliphatic carbocycles. The first kappa shape index (κ1) is 24.1. The van der Waals surface area contributed by atoms with Crippen LogP contribution in [0.2, 0.25) is 0 Å². The number of piperazine rings is 1. The van der Waals surface area contributed by atoms with Crippen molar-refractivity contribution in [3.05, 3.63) is 90.3 Å². The number of hydrogen-bond donors (Lipinski definition) is 1. The quantitative estimate of drug-likeness (QED) is 0.553. The zero-order valence-corrected chi connectivity index (χ0v) is 21.1. The van der Waals surface area contributed by atoms with Gasteiger partial charge in [-0.2, -0.15) is 0 Å². The van der Waals surface area contributed by atoms with E-state index in [-0.39, 0.29) is 16.7 Å². The van der Waals surface area contributed by atoms with Crippen molar-refractivity contribution in [2.45, 2.75) is 24.7 Å². The van der Waals surface area contributed by atoms with E-state index >= 15 is 0 Å². The van der Waals surface area contributed by atoms with E-state index in [0.717, 1.165) is 24.9 Å². The maximum atomic E-state index is 13.2. The number of sulfonamides is 1. The molecule has 0 spiro atoms. The molecule has 7 nitrogen and oxygen atoms in total. The number of amides is 1. The van der Waals surface area contributed by atoms with E-state index in [9.17, 15) is 13.2 Å². The molecule has 2 heterocycles. The molecule has 0 radical (unpaired) electrons. The first-order valence-electron chi connectivity index (χ1n) is 12.3. The van der Waals surface area contributed by atoms with E-state index in [4.69, 9.17) is 0 Å². The maximum absolute atomic E-state index is 13.2. The Hall–Kier alpha value is -3.65. The van der Waals surface area contributed by atoms with Gasteiger partial charge in [-0.15, -0.1) is 0 Å². The maximum Gasteiger partial charge on any atom is 0.264 e. The molecule has 0 bridgehead atoms. The van der Waals surface area contributed by atoms with Crippen LogP contribution >= 0.6 is 0 Å². The summed E-state index contributed by atoms with van der Waals surface area (Å²) in [5.74, 6) is -0.196. The smallest absolute Gasteiger partial charge is 0.264 e. The Kier molecular flexibility index (Phi) is 6.78. The standard InChI is InChI=1S/C28H30N4O3S/c1-2-21-7-3-4-10-25(21)31-17-19-32(20-18-31)28(33)23-12-14-24(15-13-23)30-36(34,35)26-11-5-8-22-9-6-16-29-27(22)26/h3-12,14-16,23,30H,2,13,17-20H2,1H3/t23-/m1/s1. The number of rotatable bonds is 6. The number of carbonyl (C=O) groups excluding carboxylic acids is 1. The number of allylic oxidation sites excluding steroid dienone is 2. The van der Waals surface area contributed by atoms with Crippen molar-refractivity contribution in [2.75, 3.05) is 31.1 Å². The van der Waals surface area contributed by atoms with Crippen molar-refractivity contribution >= 4 is 32.5 Å². The largest absolute Gasteiger partial charge is 0.368 e. The van der Waals surface area contributed by atoms with Gasteiger partial charge in [0, 0.05) is 49.1 Å². The molecule has 2 aliphatic rings. The summed E-state index contributed by atoms with van der Waals surface area (Å²) >= 11 is 0. The summed E-state index contributed by atoms with van der Waals surface area (Å²) in [6.07, 6.45) is 8.31. The number of aryl methyl sites for hydroxylation is 1. The van der Waals surface area contributed by atoms with Crippen LogP contribution in [0, 0.1) is 5.92 Å². The predicted octanol–water partition coefficient (Wildman–Crippen LogP) is 3.88. The molecule has 0 saturated carbocycles. The Bertz CT molecular complexity index is 1430. The van der Waals surface area contributed by atoms with Gasteiger partial charge in [0.15, 0.2) is 0 Å². The van der Waals surface area contributed by atoms with Crippen molar-refractivity contribution in [3.8, 4) is 0 Å². The zero-order chi connectivity index (χ0) is 25.1. The minimum absolute atomic E-state index is 0.0890. The topological polar surface area (TPSA) is 82.6 Å². The molecular formula is C28H30N4O3S. The highest BCUT2D eigenvalue weighted by molar-refractivity contribution is 7.89. The third kappa shape index (κ3) is 4.86. The highest BCUT2D eigenvalue weighted by atomic mass is 32.2.